The molecule has 0 spiro atoms. The molecule has 0 aliphatic rings. The average Bonchev–Trinajstić information content (AvgIpc) is 2.71. The number of nitrogens with two attached hydrogens (primary N) is 1. The van der Waals surface area contributed by atoms with Crippen molar-refractivity contribution >= 4 is 17.9 Å². The van der Waals surface area contributed by atoms with E-state index in [0.29, 0.717) is 5.69 Å². The van der Waals surface area contributed by atoms with E-state index in [4.69, 9.17) is 10.8 Å². The molecule has 0 aromatic carbocycles. The average molecular weight is 270 g/mol. The van der Waals surface area contributed by atoms with Gasteiger partial charge in [-0.15, -0.1) is 5.10 Å². The Morgan fingerprint density at radius 1 is 1.53 bits per heavy atom. The first-order valence-electron chi connectivity index (χ1n) is 5.26. The van der Waals surface area contributed by atoms with Crippen LogP contribution in [0.15, 0.2) is 6.20 Å². The van der Waals surface area contributed by atoms with Crippen LogP contribution in [0.25, 0.3) is 0 Å². The summed E-state index contributed by atoms with van der Waals surface area (Å²) >= 11 is 0. The number of nitrogens with zero attached hydrogens (tertiary/aromatic N) is 4. The van der Waals surface area contributed by atoms with E-state index in [1.165, 1.54) is 13.2 Å². The smallest absolute Gasteiger partial charge is 0.325 e. The van der Waals surface area contributed by atoms with E-state index >= 15 is 0 Å². The van der Waals surface area contributed by atoms with Crippen LogP contribution < -0.4 is 11.1 Å². The Labute approximate surface area is 108 Å². The van der Waals surface area contributed by atoms with Crippen molar-refractivity contribution in [3.05, 3.63) is 11.9 Å². The second kappa shape index (κ2) is 6.33. The van der Waals surface area contributed by atoms with Crippen LogP contribution in [0, 0.1) is 0 Å². The molecule has 0 aliphatic heterocycles. The molecule has 10 nitrogen and oxygen atoms in total. The lowest BCUT2D eigenvalue weighted by Gasteiger charge is -2.15. The van der Waals surface area contributed by atoms with Gasteiger partial charge >= 0.3 is 12.0 Å². The van der Waals surface area contributed by atoms with Gasteiger partial charge in [0.25, 0.3) is 0 Å². The van der Waals surface area contributed by atoms with E-state index in [2.05, 4.69) is 15.6 Å². The van der Waals surface area contributed by atoms with Crippen molar-refractivity contribution in [3.63, 3.8) is 0 Å². The summed E-state index contributed by atoms with van der Waals surface area (Å²) in [5.41, 5.74) is 5.35. The molecular formula is C9H14N6O4. The van der Waals surface area contributed by atoms with Crippen LogP contribution in [0.4, 0.5) is 4.79 Å². The van der Waals surface area contributed by atoms with Crippen molar-refractivity contribution in [1.82, 2.24) is 25.2 Å². The maximum Gasteiger partial charge on any atom is 0.325 e. The first kappa shape index (κ1) is 14.4. The van der Waals surface area contributed by atoms with Crippen molar-refractivity contribution in [2.45, 2.75) is 13.1 Å². The zero-order valence-corrected chi connectivity index (χ0v) is 10.2. The van der Waals surface area contributed by atoms with Crippen LogP contribution >= 0.6 is 0 Å². The van der Waals surface area contributed by atoms with Gasteiger partial charge in [0, 0.05) is 7.05 Å². The molecule has 0 atom stereocenters. The molecule has 0 fully saturated rings. The van der Waals surface area contributed by atoms with Gasteiger partial charge in [0.2, 0.25) is 5.91 Å². The molecule has 0 radical (unpaired) electrons. The van der Waals surface area contributed by atoms with Gasteiger partial charge in [0.1, 0.15) is 18.8 Å². The molecule has 3 amide bonds. The van der Waals surface area contributed by atoms with Crippen LogP contribution in [-0.4, -0.2) is 56.5 Å². The summed E-state index contributed by atoms with van der Waals surface area (Å²) in [5.74, 6) is -1.66. The lowest BCUT2D eigenvalue weighted by Crippen LogP contribution is -2.41. The molecule has 0 bridgehead atoms. The lowest BCUT2D eigenvalue weighted by atomic mass is 10.4. The number of carbonyl (C=O) groups is 3. The van der Waals surface area contributed by atoms with Gasteiger partial charge in [0.05, 0.1) is 12.7 Å². The van der Waals surface area contributed by atoms with Gasteiger partial charge in [-0.3, -0.25) is 9.59 Å². The summed E-state index contributed by atoms with van der Waals surface area (Å²) in [4.78, 5) is 33.7. The lowest BCUT2D eigenvalue weighted by molar-refractivity contribution is -0.137. The van der Waals surface area contributed by atoms with E-state index in [0.717, 1.165) is 9.58 Å². The number of urea groups is 1. The number of amides is 3. The van der Waals surface area contributed by atoms with E-state index in [1.807, 2.05) is 0 Å². The zero-order chi connectivity index (χ0) is 14.4. The third-order valence-electron chi connectivity index (χ3n) is 2.04. The molecule has 0 aliphatic carbocycles. The largest absolute Gasteiger partial charge is 0.480 e. The maximum atomic E-state index is 11.5. The number of hydrogen-bond donors (Lipinski definition) is 3. The highest BCUT2D eigenvalue weighted by atomic mass is 16.4. The van der Waals surface area contributed by atoms with Crippen LogP contribution in [0.5, 0.6) is 0 Å². The number of hydrogen-bond acceptors (Lipinski definition) is 5. The number of carboxylic acids is 1. The standard InChI is InChI=1S/C9H14N6O4/c1-14(4-7(10)16)9(19)11-2-6-3-15(13-12-6)5-8(17)18/h3H,2,4-5H2,1H3,(H2,10,16)(H,11,19)(H,17,18). The van der Waals surface area contributed by atoms with Crippen LogP contribution in [0.1, 0.15) is 5.69 Å². The SMILES string of the molecule is CN(CC(N)=O)C(=O)NCc1cn(CC(=O)O)nn1. The maximum absolute atomic E-state index is 11.5. The van der Waals surface area contributed by atoms with Gasteiger partial charge in [-0.2, -0.15) is 0 Å². The van der Waals surface area contributed by atoms with E-state index in [9.17, 15) is 14.4 Å². The van der Waals surface area contributed by atoms with E-state index < -0.39 is 17.9 Å². The Bertz CT molecular complexity index is 485. The number of carbonyl (C=O) groups excluding carboxylic acids is 2. The highest BCUT2D eigenvalue weighted by Gasteiger charge is 2.11. The summed E-state index contributed by atoms with van der Waals surface area (Å²) in [6, 6.07) is -0.494. The molecule has 4 N–H and O–H groups in total. The van der Waals surface area contributed by atoms with Crippen LogP contribution in [0.2, 0.25) is 0 Å². The predicted octanol–water partition coefficient (Wildman–Crippen LogP) is -2.01. The molecular weight excluding hydrogens is 256 g/mol. The van der Waals surface area contributed by atoms with Crippen molar-refractivity contribution < 1.29 is 19.5 Å². The van der Waals surface area contributed by atoms with Crippen molar-refractivity contribution in [2.75, 3.05) is 13.6 Å². The number of nitrogens with one attached hydrogen (secondary N) is 1. The Morgan fingerprint density at radius 2 is 2.21 bits per heavy atom. The molecule has 0 unspecified atom stereocenters. The number of carboxylic acid groups (broad SMARTS) is 1. The Morgan fingerprint density at radius 3 is 2.79 bits per heavy atom. The molecule has 1 rings (SSSR count). The Hall–Kier alpha value is -2.65. The summed E-state index contributed by atoms with van der Waals surface area (Å²) in [6.07, 6.45) is 1.41. The van der Waals surface area contributed by atoms with Gasteiger partial charge < -0.3 is 21.1 Å². The molecule has 0 saturated heterocycles. The molecule has 19 heavy (non-hydrogen) atoms. The van der Waals surface area contributed by atoms with Gasteiger partial charge in [-0.1, -0.05) is 5.21 Å². The molecule has 1 heterocycles. The van der Waals surface area contributed by atoms with E-state index in [-0.39, 0.29) is 19.6 Å². The minimum absolute atomic E-state index is 0.0710. The van der Waals surface area contributed by atoms with E-state index in [1.54, 1.807) is 0 Å². The third-order valence-corrected chi connectivity index (χ3v) is 2.04. The molecule has 1 aromatic rings. The van der Waals surface area contributed by atoms with Gasteiger partial charge in [-0.05, 0) is 0 Å². The molecule has 0 saturated carbocycles. The summed E-state index contributed by atoms with van der Waals surface area (Å²) in [7, 11) is 1.42. The fourth-order valence-electron chi connectivity index (χ4n) is 1.24. The Balaban J connectivity index is 2.43. The minimum atomic E-state index is -1.04. The highest BCUT2D eigenvalue weighted by molar-refractivity contribution is 5.82. The number of rotatable bonds is 6. The molecule has 104 valence electrons. The van der Waals surface area contributed by atoms with Crippen LogP contribution in [-0.2, 0) is 22.7 Å². The predicted molar refractivity (Wildman–Crippen MR) is 61.7 cm³/mol. The van der Waals surface area contributed by atoms with Crippen molar-refractivity contribution in [2.24, 2.45) is 5.73 Å². The topological polar surface area (TPSA) is 143 Å². The molecule has 10 heteroatoms. The fraction of sp³-hybridized carbons (Fsp3) is 0.444. The zero-order valence-electron chi connectivity index (χ0n) is 10.2. The minimum Gasteiger partial charge on any atom is -0.480 e. The third kappa shape index (κ3) is 5.02. The highest BCUT2D eigenvalue weighted by Crippen LogP contribution is 1.94. The summed E-state index contributed by atoms with van der Waals surface area (Å²) in [5, 5.41) is 18.3. The Kier molecular flexibility index (Phi) is 4.80. The van der Waals surface area contributed by atoms with Gasteiger partial charge in [-0.25, -0.2) is 9.48 Å². The van der Waals surface area contributed by atoms with Crippen molar-refractivity contribution in [3.8, 4) is 0 Å². The summed E-state index contributed by atoms with van der Waals surface area (Å²) < 4.78 is 1.14. The first-order chi connectivity index (χ1) is 8.88. The number of likely N-dealkylation sites (N-methyl/N-ethyl adjacent to an activating group) is 1. The normalized spacial score (nSPS) is 9.95. The number of aliphatic carboxylic acids is 1. The monoisotopic (exact) mass is 270 g/mol. The molecule has 1 aromatic heterocycles. The van der Waals surface area contributed by atoms with Crippen LogP contribution in [0.3, 0.4) is 0 Å². The number of aromatic nitrogens is 3. The van der Waals surface area contributed by atoms with Gasteiger partial charge in [0.15, 0.2) is 0 Å². The second-order valence-electron chi connectivity index (χ2n) is 3.78. The summed E-state index contributed by atoms with van der Waals surface area (Å²) in [6.45, 7) is -0.429. The van der Waals surface area contributed by atoms with Crippen molar-refractivity contribution in [1.29, 1.82) is 0 Å². The fourth-order valence-corrected chi connectivity index (χ4v) is 1.24. The quantitative estimate of drug-likeness (QED) is 0.544. The second-order valence-corrected chi connectivity index (χ2v) is 3.78. The number of primary amides is 1. The first-order valence-corrected chi connectivity index (χ1v) is 5.26.